The highest BCUT2D eigenvalue weighted by molar-refractivity contribution is 7.90. The summed E-state index contributed by atoms with van der Waals surface area (Å²) in [5.41, 5.74) is 1.68. The number of nitrogens with zero attached hydrogens (tertiary/aromatic N) is 1. The second-order valence-corrected chi connectivity index (χ2v) is 7.80. The zero-order valence-electron chi connectivity index (χ0n) is 12.8. The Morgan fingerprint density at radius 2 is 2.00 bits per heavy atom. The summed E-state index contributed by atoms with van der Waals surface area (Å²) in [6, 6.07) is 8.03. The van der Waals surface area contributed by atoms with Crippen molar-refractivity contribution in [1.29, 1.82) is 0 Å². The largest absolute Gasteiger partial charge is 0.373 e. The smallest absolute Gasteiger partial charge is 0.293 e. The average molecular weight is 350 g/mol. The molecule has 1 atom stereocenters. The molecule has 0 radical (unpaired) electrons. The molecule has 1 N–H and O–H groups in total. The number of nitrogens with one attached hydrogen (secondary N) is 1. The van der Waals surface area contributed by atoms with Crippen molar-refractivity contribution in [3.63, 3.8) is 0 Å². The van der Waals surface area contributed by atoms with E-state index in [1.54, 1.807) is 6.07 Å². The van der Waals surface area contributed by atoms with Crippen molar-refractivity contribution in [3.05, 3.63) is 63.5 Å². The molecular formula is C16H15FN2O4S. The van der Waals surface area contributed by atoms with Gasteiger partial charge in [-0.25, -0.2) is 12.8 Å². The molecule has 1 unspecified atom stereocenters. The van der Waals surface area contributed by atoms with Crippen LogP contribution in [0.15, 0.2) is 41.3 Å². The van der Waals surface area contributed by atoms with Gasteiger partial charge in [0.2, 0.25) is 0 Å². The van der Waals surface area contributed by atoms with Crippen LogP contribution >= 0.6 is 0 Å². The first-order chi connectivity index (χ1) is 11.3. The van der Waals surface area contributed by atoms with Gasteiger partial charge in [0.1, 0.15) is 11.5 Å². The Hall–Kier alpha value is -2.48. The maximum Gasteiger partial charge on any atom is 0.293 e. The van der Waals surface area contributed by atoms with E-state index in [1.807, 2.05) is 0 Å². The molecule has 0 heterocycles. The molecule has 24 heavy (non-hydrogen) atoms. The van der Waals surface area contributed by atoms with Gasteiger partial charge in [-0.2, -0.15) is 0 Å². The van der Waals surface area contributed by atoms with E-state index in [4.69, 9.17) is 0 Å². The molecule has 1 aliphatic rings. The van der Waals surface area contributed by atoms with Crippen LogP contribution in [0, 0.1) is 15.9 Å². The summed E-state index contributed by atoms with van der Waals surface area (Å²) < 4.78 is 36.6. The van der Waals surface area contributed by atoms with Gasteiger partial charge in [0.15, 0.2) is 9.84 Å². The first-order valence-corrected chi connectivity index (χ1v) is 9.18. The summed E-state index contributed by atoms with van der Waals surface area (Å²) in [6.45, 7) is 0. The second kappa shape index (κ2) is 5.86. The van der Waals surface area contributed by atoms with Crippen LogP contribution in [0.4, 0.5) is 15.8 Å². The number of benzene rings is 2. The molecule has 0 amide bonds. The SMILES string of the molecule is CS(=O)(=O)c1ccc(NC2CCc3ccc(F)cc32)c([N+](=O)[O-])c1. The minimum absolute atomic E-state index is 0.113. The predicted octanol–water partition coefficient (Wildman–Crippen LogP) is 3.24. The summed E-state index contributed by atoms with van der Waals surface area (Å²) in [4.78, 5) is 10.5. The van der Waals surface area contributed by atoms with E-state index in [0.29, 0.717) is 6.42 Å². The number of nitro groups is 1. The number of rotatable bonds is 4. The van der Waals surface area contributed by atoms with E-state index >= 15 is 0 Å². The molecule has 0 aromatic heterocycles. The van der Waals surface area contributed by atoms with Crippen LogP contribution in [0.3, 0.4) is 0 Å². The van der Waals surface area contributed by atoms with Crippen LogP contribution in [-0.4, -0.2) is 19.6 Å². The van der Waals surface area contributed by atoms with Gasteiger partial charge in [-0.3, -0.25) is 10.1 Å². The Labute approximate surface area is 138 Å². The molecule has 0 fully saturated rings. The molecule has 0 bridgehead atoms. The molecule has 0 spiro atoms. The summed E-state index contributed by atoms with van der Waals surface area (Å²) in [5.74, 6) is -0.357. The van der Waals surface area contributed by atoms with Crippen molar-refractivity contribution in [2.75, 3.05) is 11.6 Å². The van der Waals surface area contributed by atoms with Crippen LogP contribution in [0.25, 0.3) is 0 Å². The molecule has 8 heteroatoms. The molecule has 1 aliphatic carbocycles. The minimum atomic E-state index is -3.54. The molecule has 126 valence electrons. The van der Waals surface area contributed by atoms with Crippen molar-refractivity contribution in [3.8, 4) is 0 Å². The molecule has 2 aromatic rings. The summed E-state index contributed by atoms with van der Waals surface area (Å²) >= 11 is 0. The van der Waals surface area contributed by atoms with E-state index in [9.17, 15) is 22.9 Å². The minimum Gasteiger partial charge on any atom is -0.373 e. The number of halogens is 1. The van der Waals surface area contributed by atoms with Crippen molar-refractivity contribution < 1.29 is 17.7 Å². The van der Waals surface area contributed by atoms with Gasteiger partial charge in [-0.15, -0.1) is 0 Å². The fourth-order valence-corrected chi connectivity index (χ4v) is 3.57. The lowest BCUT2D eigenvalue weighted by Crippen LogP contribution is -2.10. The van der Waals surface area contributed by atoms with E-state index in [0.717, 1.165) is 29.9 Å². The van der Waals surface area contributed by atoms with Crippen molar-refractivity contribution >= 4 is 21.2 Å². The van der Waals surface area contributed by atoms with Crippen molar-refractivity contribution in [2.45, 2.75) is 23.8 Å². The normalized spacial score (nSPS) is 16.7. The van der Waals surface area contributed by atoms with E-state index < -0.39 is 14.8 Å². The highest BCUT2D eigenvalue weighted by atomic mass is 32.2. The first-order valence-electron chi connectivity index (χ1n) is 7.29. The van der Waals surface area contributed by atoms with E-state index in [1.165, 1.54) is 24.3 Å². The van der Waals surface area contributed by atoms with Crippen LogP contribution < -0.4 is 5.32 Å². The molecular weight excluding hydrogens is 335 g/mol. The number of hydrogen-bond acceptors (Lipinski definition) is 5. The van der Waals surface area contributed by atoms with Gasteiger partial charge in [0.05, 0.1) is 15.9 Å². The van der Waals surface area contributed by atoms with E-state index in [-0.39, 0.29) is 28.1 Å². The highest BCUT2D eigenvalue weighted by Gasteiger charge is 2.26. The van der Waals surface area contributed by atoms with Crippen LogP contribution in [0.1, 0.15) is 23.6 Å². The van der Waals surface area contributed by atoms with Gasteiger partial charge in [-0.05, 0) is 48.2 Å². The average Bonchev–Trinajstić information content (AvgIpc) is 2.88. The maximum atomic E-state index is 13.5. The molecule has 2 aromatic carbocycles. The molecule has 0 aliphatic heterocycles. The van der Waals surface area contributed by atoms with Gasteiger partial charge in [0, 0.05) is 12.3 Å². The quantitative estimate of drug-likeness (QED) is 0.675. The Balaban J connectivity index is 1.97. The maximum absolute atomic E-state index is 13.5. The first kappa shape index (κ1) is 16.4. The number of aryl methyl sites for hydroxylation is 1. The van der Waals surface area contributed by atoms with Crippen LogP contribution in [0.2, 0.25) is 0 Å². The fraction of sp³-hybridized carbons (Fsp3) is 0.250. The number of fused-ring (bicyclic) bond motifs is 1. The second-order valence-electron chi connectivity index (χ2n) is 5.79. The van der Waals surface area contributed by atoms with Gasteiger partial charge >= 0.3 is 0 Å². The summed E-state index contributed by atoms with van der Waals surface area (Å²) in [7, 11) is -3.54. The molecule has 3 rings (SSSR count). The number of anilines is 1. The third kappa shape index (κ3) is 3.09. The molecule has 0 saturated heterocycles. The Morgan fingerprint density at radius 1 is 1.25 bits per heavy atom. The third-order valence-corrected chi connectivity index (χ3v) is 5.22. The zero-order chi connectivity index (χ0) is 17.5. The number of sulfone groups is 1. The summed E-state index contributed by atoms with van der Waals surface area (Å²) in [5, 5.41) is 14.3. The third-order valence-electron chi connectivity index (χ3n) is 4.11. The lowest BCUT2D eigenvalue weighted by atomic mass is 10.1. The fourth-order valence-electron chi connectivity index (χ4n) is 2.93. The zero-order valence-corrected chi connectivity index (χ0v) is 13.6. The lowest BCUT2D eigenvalue weighted by molar-refractivity contribution is -0.384. The number of nitro benzene ring substituents is 1. The molecule has 0 saturated carbocycles. The lowest BCUT2D eigenvalue weighted by Gasteiger charge is -2.16. The molecule has 6 nitrogen and oxygen atoms in total. The predicted molar refractivity (Wildman–Crippen MR) is 87.3 cm³/mol. The van der Waals surface area contributed by atoms with Crippen molar-refractivity contribution in [1.82, 2.24) is 0 Å². The van der Waals surface area contributed by atoms with Gasteiger partial charge < -0.3 is 5.32 Å². The summed E-state index contributed by atoms with van der Waals surface area (Å²) in [6.07, 6.45) is 2.43. The Bertz CT molecular complexity index is 928. The Kier molecular flexibility index (Phi) is 4.00. The Morgan fingerprint density at radius 3 is 2.67 bits per heavy atom. The van der Waals surface area contributed by atoms with Gasteiger partial charge in [-0.1, -0.05) is 6.07 Å². The van der Waals surface area contributed by atoms with Crippen molar-refractivity contribution in [2.24, 2.45) is 0 Å². The monoisotopic (exact) mass is 350 g/mol. The van der Waals surface area contributed by atoms with Crippen LogP contribution in [-0.2, 0) is 16.3 Å². The van der Waals surface area contributed by atoms with Crippen LogP contribution in [0.5, 0.6) is 0 Å². The van der Waals surface area contributed by atoms with Gasteiger partial charge in [0.25, 0.3) is 5.69 Å². The number of hydrogen-bond donors (Lipinski definition) is 1. The highest BCUT2D eigenvalue weighted by Crippen LogP contribution is 2.37. The van der Waals surface area contributed by atoms with E-state index in [2.05, 4.69) is 5.32 Å². The standard InChI is InChI=1S/C16H15FN2O4S/c1-24(22,23)12-5-7-15(16(9-12)19(20)21)18-14-6-3-10-2-4-11(17)8-13(10)14/h2,4-5,7-9,14,18H,3,6H2,1H3. The topological polar surface area (TPSA) is 89.3 Å².